The Labute approximate surface area is 150 Å². The predicted molar refractivity (Wildman–Crippen MR) is 96.9 cm³/mol. The first-order chi connectivity index (χ1) is 12.7. The first kappa shape index (κ1) is 16.3. The van der Waals surface area contributed by atoms with E-state index in [0.29, 0.717) is 28.6 Å². The van der Waals surface area contributed by atoms with E-state index < -0.39 is 0 Å². The number of methoxy groups -OCH3 is 1. The van der Waals surface area contributed by atoms with Gasteiger partial charge in [-0.1, -0.05) is 12.1 Å². The fourth-order valence-corrected chi connectivity index (χ4v) is 2.97. The largest absolute Gasteiger partial charge is 0.496 e. The molecule has 0 atom stereocenters. The lowest BCUT2D eigenvalue weighted by atomic mass is 10.1. The first-order valence-corrected chi connectivity index (χ1v) is 8.46. The summed E-state index contributed by atoms with van der Waals surface area (Å²) in [7, 11) is 1.60. The summed E-state index contributed by atoms with van der Waals surface area (Å²) in [6, 6.07) is 13.0. The van der Waals surface area contributed by atoms with Gasteiger partial charge in [0.1, 0.15) is 17.3 Å². The molecule has 0 saturated heterocycles. The minimum absolute atomic E-state index is 0.301. The smallest absolute Gasteiger partial charge is 0.255 e. The molecule has 4 rings (SSSR count). The number of amides is 1. The van der Waals surface area contributed by atoms with Crippen molar-refractivity contribution < 1.29 is 13.9 Å². The normalized spacial score (nSPS) is 13.5. The third-order valence-electron chi connectivity index (χ3n) is 4.49. The number of H-pyrrole nitrogens is 1. The summed E-state index contributed by atoms with van der Waals surface area (Å²) in [5.41, 5.74) is 3.40. The van der Waals surface area contributed by atoms with E-state index in [4.69, 9.17) is 4.74 Å². The lowest BCUT2D eigenvalue weighted by Crippen LogP contribution is -2.13. The van der Waals surface area contributed by atoms with E-state index in [1.54, 1.807) is 7.11 Å². The molecule has 0 spiro atoms. The Hall–Kier alpha value is -3.15. The van der Waals surface area contributed by atoms with Gasteiger partial charge in [0.15, 0.2) is 0 Å². The van der Waals surface area contributed by atoms with Gasteiger partial charge in [-0.25, -0.2) is 4.39 Å². The molecule has 26 heavy (non-hydrogen) atoms. The van der Waals surface area contributed by atoms with E-state index in [9.17, 15) is 9.18 Å². The molecule has 1 aliphatic carbocycles. The number of benzene rings is 2. The van der Waals surface area contributed by atoms with Crippen molar-refractivity contribution in [3.8, 4) is 17.0 Å². The van der Waals surface area contributed by atoms with Gasteiger partial charge >= 0.3 is 0 Å². The fourth-order valence-electron chi connectivity index (χ4n) is 2.97. The van der Waals surface area contributed by atoms with Gasteiger partial charge in [-0.3, -0.25) is 9.89 Å². The molecule has 1 aliphatic rings. The van der Waals surface area contributed by atoms with E-state index in [-0.39, 0.29) is 11.7 Å². The number of hydrogen-bond donors (Lipinski definition) is 2. The van der Waals surface area contributed by atoms with Crippen molar-refractivity contribution in [1.82, 2.24) is 10.2 Å². The van der Waals surface area contributed by atoms with Crippen molar-refractivity contribution >= 4 is 11.6 Å². The molecule has 2 N–H and O–H groups in total. The Morgan fingerprint density at radius 2 is 1.92 bits per heavy atom. The van der Waals surface area contributed by atoms with Crippen molar-refractivity contribution in [2.24, 2.45) is 0 Å². The van der Waals surface area contributed by atoms with Crippen LogP contribution in [0.3, 0.4) is 0 Å². The number of aromatic amines is 1. The second kappa shape index (κ2) is 6.63. The Bertz CT molecular complexity index is 946. The number of para-hydroxylation sites is 1. The molecule has 2 aromatic carbocycles. The molecule has 1 aromatic heterocycles. The minimum atomic E-state index is -0.377. The maximum atomic E-state index is 13.1. The van der Waals surface area contributed by atoms with Gasteiger partial charge in [0, 0.05) is 17.0 Å². The second-order valence-corrected chi connectivity index (χ2v) is 6.30. The van der Waals surface area contributed by atoms with E-state index in [1.807, 2.05) is 24.3 Å². The monoisotopic (exact) mass is 351 g/mol. The lowest BCUT2D eigenvalue weighted by molar-refractivity contribution is 0.102. The number of carbonyl (C=O) groups excluding carboxylic acids is 1. The summed E-state index contributed by atoms with van der Waals surface area (Å²) in [6.45, 7) is 0. The maximum absolute atomic E-state index is 13.1. The number of nitrogens with one attached hydrogen (secondary N) is 2. The van der Waals surface area contributed by atoms with E-state index >= 15 is 0 Å². The molecule has 0 bridgehead atoms. The Kier molecular flexibility index (Phi) is 4.16. The highest BCUT2D eigenvalue weighted by Crippen LogP contribution is 2.46. The van der Waals surface area contributed by atoms with E-state index in [0.717, 1.165) is 24.1 Å². The molecular formula is C20H18FN3O2. The summed E-state index contributed by atoms with van der Waals surface area (Å²) < 4.78 is 18.5. The second-order valence-electron chi connectivity index (χ2n) is 6.30. The minimum Gasteiger partial charge on any atom is -0.496 e. The van der Waals surface area contributed by atoms with Crippen LogP contribution in [-0.2, 0) is 0 Å². The number of hydrogen-bond acceptors (Lipinski definition) is 3. The Balaban J connectivity index is 1.73. The number of aromatic nitrogens is 2. The number of rotatable bonds is 5. The van der Waals surface area contributed by atoms with Crippen LogP contribution in [0, 0.1) is 5.82 Å². The molecule has 6 heteroatoms. The van der Waals surface area contributed by atoms with Crippen LogP contribution in [0.5, 0.6) is 5.75 Å². The molecule has 0 radical (unpaired) electrons. The van der Waals surface area contributed by atoms with Crippen LogP contribution in [0.15, 0.2) is 48.5 Å². The molecule has 0 unspecified atom stereocenters. The molecule has 1 saturated carbocycles. The lowest BCUT2D eigenvalue weighted by Gasteiger charge is -2.11. The fraction of sp³-hybridized carbons (Fsp3) is 0.200. The van der Waals surface area contributed by atoms with Crippen molar-refractivity contribution in [3.05, 3.63) is 65.6 Å². The summed E-state index contributed by atoms with van der Waals surface area (Å²) >= 11 is 0. The average Bonchev–Trinajstić information content (AvgIpc) is 3.43. The van der Waals surface area contributed by atoms with E-state index in [1.165, 1.54) is 24.3 Å². The van der Waals surface area contributed by atoms with Crippen molar-refractivity contribution in [1.29, 1.82) is 0 Å². The van der Waals surface area contributed by atoms with Crippen LogP contribution < -0.4 is 10.1 Å². The van der Waals surface area contributed by atoms with Gasteiger partial charge in [0.05, 0.1) is 18.5 Å². The predicted octanol–water partition coefficient (Wildman–Crippen LogP) is 4.35. The van der Waals surface area contributed by atoms with Gasteiger partial charge in [0.25, 0.3) is 5.91 Å². The van der Waals surface area contributed by atoms with Crippen molar-refractivity contribution in [2.45, 2.75) is 18.8 Å². The number of nitrogens with zero attached hydrogens (tertiary/aromatic N) is 1. The number of carbonyl (C=O) groups is 1. The third-order valence-corrected chi connectivity index (χ3v) is 4.49. The maximum Gasteiger partial charge on any atom is 0.255 e. The molecular weight excluding hydrogens is 333 g/mol. The van der Waals surface area contributed by atoms with Gasteiger partial charge < -0.3 is 10.1 Å². The van der Waals surface area contributed by atoms with Crippen LogP contribution >= 0.6 is 0 Å². The molecule has 5 nitrogen and oxygen atoms in total. The van der Waals surface area contributed by atoms with Crippen molar-refractivity contribution in [3.63, 3.8) is 0 Å². The van der Waals surface area contributed by atoms with Crippen LogP contribution in [0.4, 0.5) is 10.1 Å². The third kappa shape index (κ3) is 3.06. The zero-order valence-corrected chi connectivity index (χ0v) is 14.3. The first-order valence-electron chi connectivity index (χ1n) is 8.46. The summed E-state index contributed by atoms with van der Waals surface area (Å²) in [5, 5.41) is 10.5. The van der Waals surface area contributed by atoms with E-state index in [2.05, 4.69) is 15.5 Å². The van der Waals surface area contributed by atoms with Gasteiger partial charge in [-0.15, -0.1) is 0 Å². The van der Waals surface area contributed by atoms with Crippen LogP contribution in [0.2, 0.25) is 0 Å². The molecule has 1 heterocycles. The highest BCUT2D eigenvalue weighted by Gasteiger charge is 2.31. The Morgan fingerprint density at radius 1 is 1.19 bits per heavy atom. The zero-order chi connectivity index (χ0) is 18.1. The topological polar surface area (TPSA) is 67.0 Å². The highest BCUT2D eigenvalue weighted by atomic mass is 19.1. The number of halogens is 1. The molecule has 132 valence electrons. The standard InChI is InChI=1S/C20H18FN3O2/c1-26-16-5-3-2-4-15(16)18-19(17(23-24-18)12-6-7-12)22-20(25)13-8-10-14(21)11-9-13/h2-5,8-12H,6-7H2,1H3,(H,22,25)(H,23,24). The molecule has 3 aromatic rings. The summed E-state index contributed by atoms with van der Waals surface area (Å²) in [4.78, 5) is 12.7. The van der Waals surface area contributed by atoms with Gasteiger partial charge in [0.2, 0.25) is 0 Å². The molecule has 1 amide bonds. The average molecular weight is 351 g/mol. The molecule has 1 fully saturated rings. The van der Waals surface area contributed by atoms with Gasteiger partial charge in [-0.2, -0.15) is 5.10 Å². The number of ether oxygens (including phenoxy) is 1. The van der Waals surface area contributed by atoms with Crippen LogP contribution in [0.1, 0.15) is 34.8 Å². The van der Waals surface area contributed by atoms with Crippen LogP contribution in [0.25, 0.3) is 11.3 Å². The Morgan fingerprint density at radius 3 is 2.62 bits per heavy atom. The number of anilines is 1. The van der Waals surface area contributed by atoms with Crippen LogP contribution in [-0.4, -0.2) is 23.2 Å². The molecule has 0 aliphatic heterocycles. The SMILES string of the molecule is COc1ccccc1-c1n[nH]c(C2CC2)c1NC(=O)c1ccc(F)cc1. The summed E-state index contributed by atoms with van der Waals surface area (Å²) in [5.74, 6) is 0.371. The zero-order valence-electron chi connectivity index (χ0n) is 14.3. The van der Waals surface area contributed by atoms with Gasteiger partial charge in [-0.05, 0) is 49.2 Å². The highest BCUT2D eigenvalue weighted by molar-refractivity contribution is 6.06. The van der Waals surface area contributed by atoms with Crippen molar-refractivity contribution in [2.75, 3.05) is 12.4 Å². The quantitative estimate of drug-likeness (QED) is 0.718. The summed E-state index contributed by atoms with van der Waals surface area (Å²) in [6.07, 6.45) is 2.12.